The number of fused-ring (bicyclic) bond motifs is 3. The summed E-state index contributed by atoms with van der Waals surface area (Å²) in [7, 11) is 1.65. The number of H-pyrrole nitrogens is 1. The zero-order valence-electron chi connectivity index (χ0n) is 16.1. The molecule has 1 atom stereocenters. The fourth-order valence-corrected chi connectivity index (χ4v) is 4.12. The standard InChI is InChI=1S/C22H24ClN3O2/c1-3-11-24-22(27)26-12-10-17-18-13-15(23)6-9-19(18)25-20(17)21(26)14-4-7-16(28-2)8-5-14/h4-9,13,21,25H,3,10-12H2,1-2H3,(H,24,27)/t21-/m0/s1. The zero-order valence-corrected chi connectivity index (χ0v) is 16.8. The van der Waals surface area contributed by atoms with E-state index in [0.717, 1.165) is 45.8 Å². The van der Waals surface area contributed by atoms with Gasteiger partial charge in [-0.2, -0.15) is 0 Å². The van der Waals surface area contributed by atoms with Crippen molar-refractivity contribution in [2.24, 2.45) is 0 Å². The number of benzene rings is 2. The van der Waals surface area contributed by atoms with Gasteiger partial charge in [-0.1, -0.05) is 30.7 Å². The summed E-state index contributed by atoms with van der Waals surface area (Å²) in [5.41, 5.74) is 4.38. The van der Waals surface area contributed by atoms with Gasteiger partial charge < -0.3 is 19.9 Å². The fourth-order valence-electron chi connectivity index (χ4n) is 3.95. The van der Waals surface area contributed by atoms with Crippen LogP contribution in [0.3, 0.4) is 0 Å². The molecule has 2 heterocycles. The smallest absolute Gasteiger partial charge is 0.318 e. The van der Waals surface area contributed by atoms with Crippen LogP contribution in [0.1, 0.15) is 36.2 Å². The molecule has 0 saturated carbocycles. The first-order valence-electron chi connectivity index (χ1n) is 9.60. The summed E-state index contributed by atoms with van der Waals surface area (Å²) in [6.45, 7) is 3.37. The van der Waals surface area contributed by atoms with Gasteiger partial charge in [-0.05, 0) is 54.3 Å². The summed E-state index contributed by atoms with van der Waals surface area (Å²) in [4.78, 5) is 18.4. The maximum atomic E-state index is 12.9. The number of rotatable bonds is 4. The highest BCUT2D eigenvalue weighted by atomic mass is 35.5. The van der Waals surface area contributed by atoms with Crippen molar-refractivity contribution >= 4 is 28.5 Å². The number of aromatic nitrogens is 1. The number of hydrogen-bond donors (Lipinski definition) is 2. The quantitative estimate of drug-likeness (QED) is 0.658. The maximum Gasteiger partial charge on any atom is 0.318 e. The van der Waals surface area contributed by atoms with Crippen molar-refractivity contribution in [3.63, 3.8) is 0 Å². The molecule has 1 aromatic heterocycles. The first kappa shape index (κ1) is 18.7. The van der Waals surface area contributed by atoms with Crippen LogP contribution in [0, 0.1) is 0 Å². The molecule has 1 aliphatic heterocycles. The average molecular weight is 398 g/mol. The molecule has 0 radical (unpaired) electrons. The number of urea groups is 1. The van der Waals surface area contributed by atoms with E-state index in [0.29, 0.717) is 13.1 Å². The number of methoxy groups -OCH3 is 1. The van der Waals surface area contributed by atoms with Gasteiger partial charge in [0.05, 0.1) is 13.2 Å². The second-order valence-corrected chi connectivity index (χ2v) is 7.49. The summed E-state index contributed by atoms with van der Waals surface area (Å²) in [5.74, 6) is 0.796. The SMILES string of the molecule is CCCNC(=O)N1CCc2c([nH]c3ccc(Cl)cc23)[C@@H]1c1ccc(OC)cc1. The van der Waals surface area contributed by atoms with Crippen molar-refractivity contribution in [1.82, 2.24) is 15.2 Å². The Bertz CT molecular complexity index is 997. The van der Waals surface area contributed by atoms with E-state index in [4.69, 9.17) is 16.3 Å². The van der Waals surface area contributed by atoms with E-state index in [2.05, 4.69) is 17.2 Å². The topological polar surface area (TPSA) is 57.4 Å². The normalized spacial score (nSPS) is 16.1. The molecular weight excluding hydrogens is 374 g/mol. The van der Waals surface area contributed by atoms with Crippen LogP contribution in [0.25, 0.3) is 10.9 Å². The molecule has 5 nitrogen and oxygen atoms in total. The Hall–Kier alpha value is -2.66. The first-order chi connectivity index (χ1) is 13.6. The summed E-state index contributed by atoms with van der Waals surface area (Å²) >= 11 is 6.24. The van der Waals surface area contributed by atoms with Gasteiger partial charge in [0.15, 0.2) is 0 Å². The highest BCUT2D eigenvalue weighted by molar-refractivity contribution is 6.31. The van der Waals surface area contributed by atoms with Crippen LogP contribution in [-0.4, -0.2) is 36.1 Å². The van der Waals surface area contributed by atoms with Gasteiger partial charge in [-0.25, -0.2) is 4.79 Å². The molecule has 146 valence electrons. The maximum absolute atomic E-state index is 12.9. The molecule has 6 heteroatoms. The monoisotopic (exact) mass is 397 g/mol. The van der Waals surface area contributed by atoms with Gasteiger partial charge in [0, 0.05) is 34.7 Å². The van der Waals surface area contributed by atoms with E-state index in [-0.39, 0.29) is 12.1 Å². The number of halogens is 1. The highest BCUT2D eigenvalue weighted by Crippen LogP contribution is 2.39. The van der Waals surface area contributed by atoms with E-state index in [1.807, 2.05) is 47.4 Å². The van der Waals surface area contributed by atoms with Crippen LogP contribution in [0.5, 0.6) is 5.75 Å². The molecule has 0 aliphatic carbocycles. The van der Waals surface area contributed by atoms with E-state index in [1.165, 1.54) is 5.56 Å². The number of nitrogens with one attached hydrogen (secondary N) is 2. The molecule has 0 saturated heterocycles. The van der Waals surface area contributed by atoms with Crippen LogP contribution >= 0.6 is 11.6 Å². The van der Waals surface area contributed by atoms with Crippen LogP contribution in [0.15, 0.2) is 42.5 Å². The van der Waals surface area contributed by atoms with Gasteiger partial charge >= 0.3 is 6.03 Å². The van der Waals surface area contributed by atoms with Gasteiger partial charge in [-0.3, -0.25) is 0 Å². The van der Waals surface area contributed by atoms with Crippen molar-refractivity contribution in [3.8, 4) is 5.75 Å². The number of carbonyl (C=O) groups is 1. The molecule has 2 N–H and O–H groups in total. The molecule has 2 amide bonds. The van der Waals surface area contributed by atoms with Crippen molar-refractivity contribution in [2.45, 2.75) is 25.8 Å². The molecule has 4 rings (SSSR count). The van der Waals surface area contributed by atoms with Crippen molar-refractivity contribution in [1.29, 1.82) is 0 Å². The van der Waals surface area contributed by atoms with Crippen LogP contribution in [0.4, 0.5) is 4.79 Å². The molecule has 0 spiro atoms. The molecular formula is C22H24ClN3O2. The Morgan fingerprint density at radius 1 is 1.29 bits per heavy atom. The summed E-state index contributed by atoms with van der Waals surface area (Å²) in [6, 6.07) is 13.6. The number of amides is 2. The molecule has 3 aromatic rings. The lowest BCUT2D eigenvalue weighted by Crippen LogP contribution is -2.46. The Balaban J connectivity index is 1.82. The number of hydrogen-bond acceptors (Lipinski definition) is 2. The number of nitrogens with zero attached hydrogens (tertiary/aromatic N) is 1. The van der Waals surface area contributed by atoms with Gasteiger partial charge in [-0.15, -0.1) is 0 Å². The molecule has 0 fully saturated rings. The van der Waals surface area contributed by atoms with Crippen molar-refractivity contribution < 1.29 is 9.53 Å². The number of ether oxygens (including phenoxy) is 1. The predicted molar refractivity (Wildman–Crippen MR) is 112 cm³/mol. The molecule has 0 unspecified atom stereocenters. The fraction of sp³-hybridized carbons (Fsp3) is 0.318. The van der Waals surface area contributed by atoms with Crippen LogP contribution < -0.4 is 10.1 Å². The predicted octanol–water partition coefficient (Wildman–Crippen LogP) is 4.90. The zero-order chi connectivity index (χ0) is 19.7. The number of carbonyl (C=O) groups excluding carboxylic acids is 1. The third kappa shape index (κ3) is 3.31. The lowest BCUT2D eigenvalue weighted by Gasteiger charge is -2.36. The second-order valence-electron chi connectivity index (χ2n) is 7.06. The minimum absolute atomic E-state index is 0.0370. The lowest BCUT2D eigenvalue weighted by molar-refractivity contribution is 0.179. The Labute approximate surface area is 169 Å². The third-order valence-corrected chi connectivity index (χ3v) is 5.54. The van der Waals surface area contributed by atoms with E-state index >= 15 is 0 Å². The van der Waals surface area contributed by atoms with E-state index in [9.17, 15) is 4.79 Å². The largest absolute Gasteiger partial charge is 0.497 e. The van der Waals surface area contributed by atoms with Gasteiger partial charge in [0.1, 0.15) is 5.75 Å². The third-order valence-electron chi connectivity index (χ3n) is 5.31. The Kier molecular flexibility index (Phi) is 5.18. The Morgan fingerprint density at radius 2 is 2.07 bits per heavy atom. The summed E-state index contributed by atoms with van der Waals surface area (Å²) in [5, 5.41) is 4.88. The molecule has 0 bridgehead atoms. The van der Waals surface area contributed by atoms with Crippen LogP contribution in [0.2, 0.25) is 5.02 Å². The highest BCUT2D eigenvalue weighted by Gasteiger charge is 2.34. The lowest BCUT2D eigenvalue weighted by atomic mass is 9.92. The minimum atomic E-state index is -0.183. The van der Waals surface area contributed by atoms with Crippen molar-refractivity contribution in [2.75, 3.05) is 20.2 Å². The minimum Gasteiger partial charge on any atom is -0.497 e. The van der Waals surface area contributed by atoms with E-state index in [1.54, 1.807) is 7.11 Å². The van der Waals surface area contributed by atoms with Crippen LogP contribution in [-0.2, 0) is 6.42 Å². The summed E-state index contributed by atoms with van der Waals surface area (Å²) in [6.07, 6.45) is 1.70. The van der Waals surface area contributed by atoms with E-state index < -0.39 is 0 Å². The first-order valence-corrected chi connectivity index (χ1v) is 9.98. The summed E-state index contributed by atoms with van der Waals surface area (Å²) < 4.78 is 5.30. The van der Waals surface area contributed by atoms with Gasteiger partial charge in [0.25, 0.3) is 0 Å². The molecule has 1 aliphatic rings. The average Bonchev–Trinajstić information content (AvgIpc) is 3.09. The molecule has 2 aromatic carbocycles. The molecule has 28 heavy (non-hydrogen) atoms. The number of aromatic amines is 1. The Morgan fingerprint density at radius 3 is 2.79 bits per heavy atom. The van der Waals surface area contributed by atoms with Gasteiger partial charge in [0.2, 0.25) is 0 Å². The second kappa shape index (κ2) is 7.76. The van der Waals surface area contributed by atoms with Crippen molar-refractivity contribution in [3.05, 3.63) is 64.3 Å².